The molecule has 0 aliphatic carbocycles. The molecule has 0 radical (unpaired) electrons. The topological polar surface area (TPSA) is 80.2 Å². The van der Waals surface area contributed by atoms with Gasteiger partial charge in [-0.3, -0.25) is 4.90 Å². The van der Waals surface area contributed by atoms with Crippen LogP contribution in [-0.2, 0) is 5.75 Å². The Morgan fingerprint density at radius 3 is 2.79 bits per heavy atom. The molecule has 28 heavy (non-hydrogen) atoms. The highest BCUT2D eigenvalue weighted by Crippen LogP contribution is 2.34. The van der Waals surface area contributed by atoms with Gasteiger partial charge < -0.3 is 14.4 Å². The van der Waals surface area contributed by atoms with E-state index in [2.05, 4.69) is 33.6 Å². The minimum atomic E-state index is 0. The van der Waals surface area contributed by atoms with Crippen molar-refractivity contribution in [1.29, 1.82) is 0 Å². The molecule has 2 aromatic heterocycles. The first-order valence-electron chi connectivity index (χ1n) is 9.02. The predicted molar refractivity (Wildman–Crippen MR) is 111 cm³/mol. The molecule has 4 rings (SSSR count). The molecular weight excluding hydrogens is 398 g/mol. The molecule has 1 unspecified atom stereocenters. The van der Waals surface area contributed by atoms with Crippen LogP contribution in [0.15, 0.2) is 38.2 Å². The molecule has 1 atom stereocenters. The van der Waals surface area contributed by atoms with E-state index in [4.69, 9.17) is 14.0 Å². The summed E-state index contributed by atoms with van der Waals surface area (Å²) in [6, 6.07) is 8.26. The summed E-state index contributed by atoms with van der Waals surface area (Å²) in [5.74, 6) is 2.94. The third-order valence-corrected chi connectivity index (χ3v) is 6.02. The van der Waals surface area contributed by atoms with Crippen molar-refractivity contribution in [2.24, 2.45) is 0 Å². The fourth-order valence-corrected chi connectivity index (χ4v) is 4.40. The summed E-state index contributed by atoms with van der Waals surface area (Å²) in [4.78, 5) is 8.04. The number of benzene rings is 1. The van der Waals surface area contributed by atoms with Gasteiger partial charge in [-0.1, -0.05) is 22.4 Å². The lowest BCUT2D eigenvalue weighted by Crippen LogP contribution is -2.44. The quantitative estimate of drug-likeness (QED) is 0.625. The van der Waals surface area contributed by atoms with E-state index in [9.17, 15) is 0 Å². The van der Waals surface area contributed by atoms with E-state index in [-0.39, 0.29) is 18.4 Å². The molecule has 1 saturated heterocycles. The number of piperazine rings is 1. The number of hydrogen-bond donors (Lipinski definition) is 1. The number of aromatic nitrogens is 3. The molecule has 0 saturated carbocycles. The van der Waals surface area contributed by atoms with Crippen LogP contribution in [0.3, 0.4) is 0 Å². The summed E-state index contributed by atoms with van der Waals surface area (Å²) in [6.45, 7) is 6.70. The largest absolute Gasteiger partial charge is 0.361 e. The van der Waals surface area contributed by atoms with Crippen molar-refractivity contribution in [2.45, 2.75) is 30.5 Å². The van der Waals surface area contributed by atoms with Gasteiger partial charge in [0.1, 0.15) is 5.76 Å². The van der Waals surface area contributed by atoms with Crippen LogP contribution in [-0.4, -0.2) is 46.9 Å². The van der Waals surface area contributed by atoms with Crippen molar-refractivity contribution >= 4 is 24.2 Å². The Morgan fingerprint density at radius 1 is 1.21 bits per heavy atom. The summed E-state index contributed by atoms with van der Waals surface area (Å²) >= 11 is 1.72. The molecule has 1 fully saturated rings. The van der Waals surface area contributed by atoms with Crippen LogP contribution in [0, 0.1) is 13.8 Å². The fourth-order valence-electron chi connectivity index (χ4n) is 3.20. The molecule has 0 amide bonds. The number of hydrogen-bond acceptors (Lipinski definition) is 8. The number of rotatable bonds is 5. The van der Waals surface area contributed by atoms with Gasteiger partial charge in [-0.2, -0.15) is 4.98 Å². The van der Waals surface area contributed by atoms with Crippen LogP contribution in [0.1, 0.15) is 28.9 Å². The monoisotopic (exact) mass is 421 g/mol. The Hall–Kier alpha value is -1.87. The van der Waals surface area contributed by atoms with Crippen molar-refractivity contribution in [1.82, 2.24) is 25.5 Å². The van der Waals surface area contributed by atoms with Crippen molar-refractivity contribution in [2.75, 3.05) is 26.7 Å². The summed E-state index contributed by atoms with van der Waals surface area (Å²) in [7, 11) is 2.09. The van der Waals surface area contributed by atoms with Crippen LogP contribution in [0.25, 0.3) is 11.5 Å². The Kier molecular flexibility index (Phi) is 6.77. The van der Waals surface area contributed by atoms with Crippen molar-refractivity contribution in [3.63, 3.8) is 0 Å². The molecule has 9 heteroatoms. The standard InChI is InChI=1S/C19H23N5O2S.ClH/c1-12-15(13(2)25-22-12)11-27-17-7-5-4-6-14(17)19-21-18(23-26-19)16-10-20-8-9-24(16)3;/h4-7,16,20H,8-11H2,1-3H3;1H. The zero-order valence-corrected chi connectivity index (χ0v) is 17.8. The minimum absolute atomic E-state index is 0. The highest BCUT2D eigenvalue weighted by Gasteiger charge is 2.26. The normalized spacial score (nSPS) is 17.5. The second-order valence-corrected chi connectivity index (χ2v) is 7.76. The highest BCUT2D eigenvalue weighted by molar-refractivity contribution is 7.98. The summed E-state index contributed by atoms with van der Waals surface area (Å²) in [5.41, 5.74) is 3.03. The second-order valence-electron chi connectivity index (χ2n) is 6.75. The first-order valence-corrected chi connectivity index (χ1v) is 10.0. The lowest BCUT2D eigenvalue weighted by molar-refractivity contribution is 0.190. The van der Waals surface area contributed by atoms with E-state index in [0.29, 0.717) is 5.89 Å². The zero-order valence-electron chi connectivity index (χ0n) is 16.1. The molecule has 1 aromatic carbocycles. The number of likely N-dealkylation sites (N-methyl/N-ethyl adjacent to an activating group) is 1. The van der Waals surface area contributed by atoms with E-state index in [1.165, 1.54) is 0 Å². The average Bonchev–Trinajstić information content (AvgIpc) is 3.28. The summed E-state index contributed by atoms with van der Waals surface area (Å²) < 4.78 is 10.9. The average molecular weight is 422 g/mol. The maximum Gasteiger partial charge on any atom is 0.259 e. The lowest BCUT2D eigenvalue weighted by atomic mass is 10.2. The molecule has 3 aromatic rings. The SMILES string of the molecule is Cc1noc(C)c1CSc1ccccc1-c1nc(C2CNCCN2C)no1.Cl. The lowest BCUT2D eigenvalue weighted by Gasteiger charge is -2.30. The smallest absolute Gasteiger partial charge is 0.259 e. The first kappa shape index (κ1) is 20.9. The summed E-state index contributed by atoms with van der Waals surface area (Å²) in [5, 5.41) is 11.7. The Bertz CT molecular complexity index is 909. The maximum atomic E-state index is 5.62. The van der Waals surface area contributed by atoms with Gasteiger partial charge in [0.05, 0.1) is 17.3 Å². The van der Waals surface area contributed by atoms with Crippen molar-refractivity contribution in [3.05, 3.63) is 47.1 Å². The first-order chi connectivity index (χ1) is 13.1. The number of halogens is 1. The Labute approximate surface area is 174 Å². The van der Waals surface area contributed by atoms with Gasteiger partial charge in [-0.15, -0.1) is 24.2 Å². The van der Waals surface area contributed by atoms with Gasteiger partial charge in [0, 0.05) is 35.8 Å². The number of nitrogens with one attached hydrogen (secondary N) is 1. The minimum Gasteiger partial charge on any atom is -0.361 e. The van der Waals surface area contributed by atoms with Gasteiger partial charge in [-0.25, -0.2) is 0 Å². The predicted octanol–water partition coefficient (Wildman–Crippen LogP) is 3.63. The molecular formula is C19H24ClN5O2S. The van der Waals surface area contributed by atoms with Crippen LogP contribution < -0.4 is 5.32 Å². The van der Waals surface area contributed by atoms with Crippen LogP contribution in [0.2, 0.25) is 0 Å². The molecule has 0 bridgehead atoms. The van der Waals surface area contributed by atoms with Crippen LogP contribution >= 0.6 is 24.2 Å². The van der Waals surface area contributed by atoms with E-state index >= 15 is 0 Å². The molecule has 1 N–H and O–H groups in total. The molecule has 150 valence electrons. The summed E-state index contributed by atoms with van der Waals surface area (Å²) in [6.07, 6.45) is 0. The maximum absolute atomic E-state index is 5.62. The van der Waals surface area contributed by atoms with Crippen molar-refractivity contribution in [3.8, 4) is 11.5 Å². The zero-order chi connectivity index (χ0) is 18.8. The van der Waals surface area contributed by atoms with Gasteiger partial charge in [-0.05, 0) is 33.0 Å². The fraction of sp³-hybridized carbons (Fsp3) is 0.421. The Balaban J connectivity index is 0.00000225. The molecule has 0 spiro atoms. The number of nitrogens with zero attached hydrogens (tertiary/aromatic N) is 4. The van der Waals surface area contributed by atoms with Crippen LogP contribution in [0.5, 0.6) is 0 Å². The van der Waals surface area contributed by atoms with Gasteiger partial charge >= 0.3 is 0 Å². The third-order valence-electron chi connectivity index (χ3n) is 4.92. The molecule has 3 heterocycles. The van der Waals surface area contributed by atoms with E-state index in [1.54, 1.807) is 11.8 Å². The molecule has 1 aliphatic rings. The third kappa shape index (κ3) is 4.25. The highest BCUT2D eigenvalue weighted by atomic mass is 35.5. The van der Waals surface area contributed by atoms with Gasteiger partial charge in [0.2, 0.25) is 0 Å². The second kappa shape index (κ2) is 9.09. The van der Waals surface area contributed by atoms with Gasteiger partial charge in [0.25, 0.3) is 5.89 Å². The van der Waals surface area contributed by atoms with Crippen molar-refractivity contribution < 1.29 is 9.05 Å². The number of aryl methyl sites for hydroxylation is 2. The molecule has 7 nitrogen and oxygen atoms in total. The van der Waals surface area contributed by atoms with E-state index < -0.39 is 0 Å². The van der Waals surface area contributed by atoms with Crippen LogP contribution in [0.4, 0.5) is 0 Å². The van der Waals surface area contributed by atoms with E-state index in [1.807, 2.05) is 32.0 Å². The Morgan fingerprint density at radius 2 is 2.04 bits per heavy atom. The number of thioether (sulfide) groups is 1. The van der Waals surface area contributed by atoms with Gasteiger partial charge in [0.15, 0.2) is 5.82 Å². The molecule has 1 aliphatic heterocycles. The van der Waals surface area contributed by atoms with E-state index in [0.717, 1.165) is 58.7 Å².